The first kappa shape index (κ1) is 25.0. The summed E-state index contributed by atoms with van der Waals surface area (Å²) in [6, 6.07) is 0. The first-order valence-electron chi connectivity index (χ1n) is 12.2. The zero-order valence-corrected chi connectivity index (χ0v) is 19.9. The third kappa shape index (κ3) is 4.37. The van der Waals surface area contributed by atoms with Crippen LogP contribution in [0.2, 0.25) is 0 Å². The van der Waals surface area contributed by atoms with Crippen LogP contribution < -0.4 is 5.32 Å². The third-order valence-electron chi connectivity index (χ3n) is 9.44. The van der Waals surface area contributed by atoms with Crippen molar-refractivity contribution in [1.82, 2.24) is 5.32 Å². The molecule has 9 heteroatoms. The fourth-order valence-electron chi connectivity index (χ4n) is 7.80. The molecule has 0 radical (unpaired) electrons. The van der Waals surface area contributed by atoms with Crippen molar-refractivity contribution in [3.05, 3.63) is 0 Å². The highest BCUT2D eigenvalue weighted by atomic mass is 32.2. The number of thioether (sulfide) groups is 1. The molecule has 5 nitrogen and oxygen atoms in total. The first-order valence-corrected chi connectivity index (χ1v) is 13.3. The van der Waals surface area contributed by atoms with Crippen molar-refractivity contribution in [2.45, 2.75) is 82.2 Å². The summed E-state index contributed by atoms with van der Waals surface area (Å²) >= 11 is 1.74. The van der Waals surface area contributed by atoms with Crippen molar-refractivity contribution in [1.29, 1.82) is 5.41 Å². The molecule has 0 saturated heterocycles. The minimum Gasteiger partial charge on any atom is -0.393 e. The Hall–Kier alpha value is -1.09. The number of halogens is 3. The molecule has 33 heavy (non-hydrogen) atoms. The number of carbonyl (C=O) groups excluding carboxylic acids is 2. The van der Waals surface area contributed by atoms with E-state index in [1.54, 1.807) is 11.8 Å². The standard InChI is InChI=1S/C24H35F3N2O3S/c1-22-7-5-14(33-10-2-9-29-21(32)24(25,26)27)11-18(22)19(30)12-15-16(22)6-8-23(13-28)17(15)3-4-20(23)31/h13-19,28,30H,2-12H2,1H3,(H,29,32)/t14-,15-,16+,17+,18?,19?,22-,23-/m1/s1. The molecule has 0 aliphatic heterocycles. The average Bonchev–Trinajstić information content (AvgIpc) is 3.10. The number of hydrogen-bond acceptors (Lipinski definition) is 5. The zero-order valence-electron chi connectivity index (χ0n) is 19.1. The van der Waals surface area contributed by atoms with E-state index in [0.29, 0.717) is 42.1 Å². The van der Waals surface area contributed by atoms with Crippen LogP contribution >= 0.6 is 11.8 Å². The first-order chi connectivity index (χ1) is 15.5. The van der Waals surface area contributed by atoms with E-state index in [1.807, 2.05) is 5.32 Å². The molecule has 8 atom stereocenters. The van der Waals surface area contributed by atoms with Gasteiger partial charge in [-0.1, -0.05) is 6.92 Å². The lowest BCUT2D eigenvalue weighted by molar-refractivity contribution is -0.173. The van der Waals surface area contributed by atoms with Gasteiger partial charge >= 0.3 is 12.1 Å². The Labute approximate surface area is 197 Å². The number of carbonyl (C=O) groups is 2. The van der Waals surface area contributed by atoms with E-state index in [0.717, 1.165) is 38.5 Å². The molecule has 0 aromatic carbocycles. The number of nitrogens with one attached hydrogen (secondary N) is 2. The van der Waals surface area contributed by atoms with Crippen LogP contribution in [0.15, 0.2) is 0 Å². The monoisotopic (exact) mass is 488 g/mol. The number of alkyl halides is 3. The van der Waals surface area contributed by atoms with Crippen LogP contribution in [-0.2, 0) is 9.59 Å². The Balaban J connectivity index is 1.34. The lowest BCUT2D eigenvalue weighted by atomic mass is 9.44. The average molecular weight is 489 g/mol. The molecule has 2 unspecified atom stereocenters. The van der Waals surface area contributed by atoms with E-state index in [9.17, 15) is 27.9 Å². The van der Waals surface area contributed by atoms with Gasteiger partial charge in [0, 0.05) is 24.4 Å². The number of Topliss-reactive ketones (excluding diaryl/α,β-unsaturated/α-hetero) is 1. The summed E-state index contributed by atoms with van der Waals surface area (Å²) in [6.45, 7) is 2.33. The van der Waals surface area contributed by atoms with E-state index in [4.69, 9.17) is 5.41 Å². The second kappa shape index (κ2) is 9.17. The predicted molar refractivity (Wildman–Crippen MR) is 121 cm³/mol. The highest BCUT2D eigenvalue weighted by Gasteiger charge is 2.63. The molecule has 4 rings (SSSR count). The second-order valence-corrected chi connectivity index (χ2v) is 12.3. The fourth-order valence-corrected chi connectivity index (χ4v) is 9.08. The van der Waals surface area contributed by atoms with Gasteiger partial charge in [0.2, 0.25) is 0 Å². The summed E-state index contributed by atoms with van der Waals surface area (Å²) < 4.78 is 36.8. The molecule has 4 aliphatic carbocycles. The van der Waals surface area contributed by atoms with Crippen LogP contribution in [-0.4, -0.2) is 52.8 Å². The van der Waals surface area contributed by atoms with Gasteiger partial charge in [-0.05, 0) is 86.2 Å². The maximum Gasteiger partial charge on any atom is 0.471 e. The molecule has 0 bridgehead atoms. The Morgan fingerprint density at radius 2 is 1.97 bits per heavy atom. The Kier molecular flexibility index (Phi) is 6.95. The number of rotatable bonds is 6. The number of hydrogen-bond donors (Lipinski definition) is 3. The number of ketones is 1. The van der Waals surface area contributed by atoms with Gasteiger partial charge in [0.25, 0.3) is 0 Å². The molecule has 0 aromatic heterocycles. The Morgan fingerprint density at radius 1 is 1.21 bits per heavy atom. The summed E-state index contributed by atoms with van der Waals surface area (Å²) in [7, 11) is 0. The van der Waals surface area contributed by atoms with E-state index in [-0.39, 0.29) is 29.6 Å². The smallest absolute Gasteiger partial charge is 0.393 e. The van der Waals surface area contributed by atoms with Crippen LogP contribution in [0.4, 0.5) is 13.2 Å². The summed E-state index contributed by atoms with van der Waals surface area (Å²) in [6.07, 6.45) is 3.39. The van der Waals surface area contributed by atoms with Crippen molar-refractivity contribution < 1.29 is 27.9 Å². The summed E-state index contributed by atoms with van der Waals surface area (Å²) in [4.78, 5) is 23.6. The van der Waals surface area contributed by atoms with E-state index < -0.39 is 23.6 Å². The zero-order chi connectivity index (χ0) is 24.0. The minimum atomic E-state index is -4.83. The Bertz CT molecular complexity index is 793. The summed E-state index contributed by atoms with van der Waals surface area (Å²) in [5.74, 6) is 0.161. The SMILES string of the molecule is C[C@]12CC[C@@H](SCCCNC(=O)C(F)(F)F)CC1C(O)C[C@@H]1[C@@H]2CC[C@]2(C=N)C(=O)CC[C@@H]12. The lowest BCUT2D eigenvalue weighted by Gasteiger charge is -2.61. The third-order valence-corrected chi connectivity index (χ3v) is 10.9. The van der Waals surface area contributed by atoms with Crippen LogP contribution in [0, 0.1) is 39.9 Å². The van der Waals surface area contributed by atoms with Crippen molar-refractivity contribution in [2.24, 2.45) is 34.5 Å². The maximum absolute atomic E-state index is 12.7. The van der Waals surface area contributed by atoms with Gasteiger partial charge in [-0.25, -0.2) is 0 Å². The molecule has 4 fully saturated rings. The van der Waals surface area contributed by atoms with Crippen LogP contribution in [0.1, 0.15) is 64.7 Å². The largest absolute Gasteiger partial charge is 0.471 e. The molecular weight excluding hydrogens is 453 g/mol. The van der Waals surface area contributed by atoms with Gasteiger partial charge < -0.3 is 15.8 Å². The highest BCUT2D eigenvalue weighted by molar-refractivity contribution is 7.99. The van der Waals surface area contributed by atoms with Crippen molar-refractivity contribution in [2.75, 3.05) is 12.3 Å². The normalized spacial score (nSPS) is 42.8. The molecule has 0 spiro atoms. The fraction of sp³-hybridized carbons (Fsp3) is 0.875. The van der Waals surface area contributed by atoms with Gasteiger partial charge in [-0.15, -0.1) is 0 Å². The number of amides is 1. The Morgan fingerprint density at radius 3 is 2.67 bits per heavy atom. The van der Waals surface area contributed by atoms with Gasteiger partial charge in [0.05, 0.1) is 11.5 Å². The molecule has 1 amide bonds. The lowest BCUT2D eigenvalue weighted by Crippen LogP contribution is -2.58. The summed E-state index contributed by atoms with van der Waals surface area (Å²) in [5, 5.41) is 21.5. The number of aliphatic hydroxyl groups excluding tert-OH is 1. The molecule has 186 valence electrons. The van der Waals surface area contributed by atoms with Crippen LogP contribution in [0.25, 0.3) is 0 Å². The topological polar surface area (TPSA) is 90.2 Å². The molecule has 3 N–H and O–H groups in total. The van der Waals surface area contributed by atoms with Gasteiger partial charge in [-0.2, -0.15) is 24.9 Å². The maximum atomic E-state index is 12.7. The van der Waals surface area contributed by atoms with Crippen molar-refractivity contribution >= 4 is 29.7 Å². The van der Waals surface area contributed by atoms with Gasteiger partial charge in [0.1, 0.15) is 5.78 Å². The number of aliphatic hydroxyl groups is 1. The van der Waals surface area contributed by atoms with E-state index in [1.165, 1.54) is 6.21 Å². The molecule has 0 heterocycles. The van der Waals surface area contributed by atoms with Crippen molar-refractivity contribution in [3.8, 4) is 0 Å². The number of fused-ring (bicyclic) bond motifs is 5. The molecule has 4 aliphatic rings. The van der Waals surface area contributed by atoms with Crippen LogP contribution in [0.3, 0.4) is 0 Å². The molecule has 4 saturated carbocycles. The minimum absolute atomic E-state index is 0.0143. The molecular formula is C24H35F3N2O3S. The summed E-state index contributed by atoms with van der Waals surface area (Å²) in [5.41, 5.74) is -0.571. The quantitative estimate of drug-likeness (QED) is 0.383. The van der Waals surface area contributed by atoms with Gasteiger partial charge in [-0.3, -0.25) is 9.59 Å². The van der Waals surface area contributed by atoms with Crippen molar-refractivity contribution in [3.63, 3.8) is 0 Å². The van der Waals surface area contributed by atoms with E-state index >= 15 is 0 Å². The second-order valence-electron chi connectivity index (χ2n) is 10.9. The highest BCUT2D eigenvalue weighted by Crippen LogP contribution is 2.65. The van der Waals surface area contributed by atoms with Crippen LogP contribution in [0.5, 0.6) is 0 Å². The predicted octanol–water partition coefficient (Wildman–Crippen LogP) is 4.37. The molecule has 0 aromatic rings. The van der Waals surface area contributed by atoms with E-state index in [2.05, 4.69) is 6.92 Å². The van der Waals surface area contributed by atoms with Gasteiger partial charge in [0.15, 0.2) is 0 Å².